The summed E-state index contributed by atoms with van der Waals surface area (Å²) in [5, 5.41) is 14.4. The zero-order valence-electron chi connectivity index (χ0n) is 16.6. The van der Waals surface area contributed by atoms with Crippen molar-refractivity contribution in [3.8, 4) is 0 Å². The largest absolute Gasteiger partial charge is 0.375 e. The predicted molar refractivity (Wildman–Crippen MR) is 111 cm³/mol. The molecule has 2 aromatic carbocycles. The van der Waals surface area contributed by atoms with E-state index in [2.05, 4.69) is 34.5 Å². The average Bonchev–Trinajstić information content (AvgIpc) is 3.66. The molecule has 0 aromatic heterocycles. The van der Waals surface area contributed by atoms with Crippen molar-refractivity contribution in [2.45, 2.75) is 37.6 Å². The van der Waals surface area contributed by atoms with E-state index in [0.717, 1.165) is 38.9 Å². The summed E-state index contributed by atoms with van der Waals surface area (Å²) in [6.07, 6.45) is 2.35. The minimum absolute atomic E-state index is 0.0252. The molecule has 2 aliphatic carbocycles. The highest BCUT2D eigenvalue weighted by atomic mass is 16.3. The van der Waals surface area contributed by atoms with Crippen molar-refractivity contribution in [2.24, 2.45) is 23.0 Å². The van der Waals surface area contributed by atoms with Crippen molar-refractivity contribution in [1.82, 2.24) is 10.2 Å². The fourth-order valence-corrected chi connectivity index (χ4v) is 5.21. The molecule has 3 aliphatic rings. The van der Waals surface area contributed by atoms with Gasteiger partial charge in [-0.2, -0.15) is 0 Å². The molecular weight excluding hydrogens is 362 g/mol. The zero-order valence-corrected chi connectivity index (χ0v) is 16.6. The molecule has 1 saturated heterocycles. The number of hydrogen-bond donors (Lipinski definition) is 3. The second-order valence-electron chi connectivity index (χ2n) is 9.15. The number of likely N-dealkylation sites (tertiary alicyclic amines) is 1. The number of benzene rings is 2. The molecule has 2 aromatic rings. The van der Waals surface area contributed by atoms with Crippen LogP contribution in [0.2, 0.25) is 0 Å². The quantitative estimate of drug-likeness (QED) is 0.633. The Balaban J connectivity index is 1.27. The fraction of sp³-hybridized carbons (Fsp3) is 0.458. The summed E-state index contributed by atoms with van der Waals surface area (Å²) >= 11 is 0. The monoisotopic (exact) mass is 391 g/mol. The minimum atomic E-state index is -1.48. The molecule has 5 rings (SSSR count). The Morgan fingerprint density at radius 1 is 1.17 bits per heavy atom. The highest BCUT2D eigenvalue weighted by molar-refractivity contribution is 5.87. The van der Waals surface area contributed by atoms with Crippen LogP contribution < -0.4 is 11.1 Å². The highest BCUT2D eigenvalue weighted by Gasteiger charge is 2.64. The number of nitrogens with zero attached hydrogens (tertiary/aromatic N) is 1. The number of hydrogen-bond acceptors (Lipinski definition) is 4. The molecule has 1 heterocycles. The Hall–Kier alpha value is -2.21. The first-order valence-electron chi connectivity index (χ1n) is 10.6. The second kappa shape index (κ2) is 6.94. The Bertz CT molecular complexity index is 886. The van der Waals surface area contributed by atoms with E-state index in [9.17, 15) is 9.90 Å². The fourth-order valence-electron chi connectivity index (χ4n) is 5.21. The first-order valence-corrected chi connectivity index (χ1v) is 10.6. The number of rotatable bonds is 7. The molecule has 1 amide bonds. The molecule has 2 saturated carbocycles. The van der Waals surface area contributed by atoms with E-state index in [1.807, 2.05) is 36.4 Å². The first kappa shape index (κ1) is 18.8. The van der Waals surface area contributed by atoms with Crippen molar-refractivity contribution < 1.29 is 9.90 Å². The van der Waals surface area contributed by atoms with Crippen molar-refractivity contribution in [2.75, 3.05) is 13.1 Å². The van der Waals surface area contributed by atoms with Crippen LogP contribution in [0.15, 0.2) is 60.7 Å². The lowest BCUT2D eigenvalue weighted by atomic mass is 9.87. The van der Waals surface area contributed by atoms with Crippen molar-refractivity contribution >= 4 is 5.91 Å². The SMILES string of the molecule is NC(NC(=O)C(O)(c1ccccc1)C1CC1)C12CC1CN(Cc1ccccc1)C2. The van der Waals surface area contributed by atoms with Crippen LogP contribution in [-0.4, -0.2) is 35.2 Å². The summed E-state index contributed by atoms with van der Waals surface area (Å²) in [6, 6.07) is 19.7. The maximum atomic E-state index is 13.2. The van der Waals surface area contributed by atoms with E-state index in [0.29, 0.717) is 11.5 Å². The minimum Gasteiger partial charge on any atom is -0.375 e. The van der Waals surface area contributed by atoms with Gasteiger partial charge in [0.1, 0.15) is 0 Å². The van der Waals surface area contributed by atoms with Gasteiger partial charge in [0.25, 0.3) is 5.91 Å². The average molecular weight is 392 g/mol. The molecule has 4 atom stereocenters. The lowest BCUT2D eigenvalue weighted by Gasteiger charge is -2.32. The van der Waals surface area contributed by atoms with Crippen LogP contribution in [-0.2, 0) is 16.9 Å². The lowest BCUT2D eigenvalue weighted by Crippen LogP contribution is -2.56. The van der Waals surface area contributed by atoms with Gasteiger partial charge < -0.3 is 16.2 Å². The third-order valence-corrected chi connectivity index (χ3v) is 7.16. The summed E-state index contributed by atoms with van der Waals surface area (Å²) < 4.78 is 0. The molecule has 5 heteroatoms. The standard InChI is InChI=1S/C24H29N3O2/c25-21(23-13-20(23)15-27(16-23)14-17-7-3-1-4-8-17)26-22(28)24(29,19-11-12-19)18-9-5-2-6-10-18/h1-10,19-21,29H,11-16,25H2,(H,26,28). The van der Waals surface area contributed by atoms with Crippen LogP contribution in [0.5, 0.6) is 0 Å². The number of carbonyl (C=O) groups is 1. The van der Waals surface area contributed by atoms with Crippen LogP contribution in [0, 0.1) is 17.3 Å². The van der Waals surface area contributed by atoms with E-state index < -0.39 is 11.8 Å². The van der Waals surface area contributed by atoms with Gasteiger partial charge >= 0.3 is 0 Å². The van der Waals surface area contributed by atoms with E-state index in [-0.39, 0.29) is 17.2 Å². The molecule has 29 heavy (non-hydrogen) atoms. The molecule has 4 unspecified atom stereocenters. The van der Waals surface area contributed by atoms with Crippen LogP contribution >= 0.6 is 0 Å². The van der Waals surface area contributed by atoms with Gasteiger partial charge in [0.15, 0.2) is 5.60 Å². The van der Waals surface area contributed by atoms with E-state index >= 15 is 0 Å². The molecule has 152 valence electrons. The molecule has 0 spiro atoms. The van der Waals surface area contributed by atoms with Crippen molar-refractivity contribution in [1.29, 1.82) is 0 Å². The van der Waals surface area contributed by atoms with E-state index in [1.165, 1.54) is 5.56 Å². The number of fused-ring (bicyclic) bond motifs is 1. The van der Waals surface area contributed by atoms with Gasteiger partial charge in [0.05, 0.1) is 6.17 Å². The summed E-state index contributed by atoms with van der Waals surface area (Å²) in [4.78, 5) is 15.6. The Labute approximate surface area is 171 Å². The number of nitrogens with two attached hydrogens (primary N) is 1. The smallest absolute Gasteiger partial charge is 0.258 e. The zero-order chi connectivity index (χ0) is 20.1. The second-order valence-corrected chi connectivity index (χ2v) is 9.15. The van der Waals surface area contributed by atoms with E-state index in [1.54, 1.807) is 0 Å². The van der Waals surface area contributed by atoms with Gasteiger partial charge in [-0.3, -0.25) is 9.69 Å². The third-order valence-electron chi connectivity index (χ3n) is 7.16. The molecule has 0 bridgehead atoms. The topological polar surface area (TPSA) is 78.6 Å². The molecule has 0 radical (unpaired) electrons. The normalized spacial score (nSPS) is 29.0. The maximum Gasteiger partial charge on any atom is 0.258 e. The summed E-state index contributed by atoms with van der Waals surface area (Å²) in [7, 11) is 0. The Kier molecular flexibility index (Phi) is 4.50. The number of amides is 1. The van der Waals surface area contributed by atoms with Gasteiger partial charge in [0, 0.05) is 31.0 Å². The first-order chi connectivity index (χ1) is 14.0. The maximum absolute atomic E-state index is 13.2. The summed E-state index contributed by atoms with van der Waals surface area (Å²) in [5.74, 6) is 0.148. The third kappa shape index (κ3) is 3.27. The predicted octanol–water partition coefficient (Wildman–Crippen LogP) is 2.21. The Morgan fingerprint density at radius 3 is 2.48 bits per heavy atom. The summed E-state index contributed by atoms with van der Waals surface area (Å²) in [6.45, 7) is 2.82. The molecule has 4 N–H and O–H groups in total. The van der Waals surface area contributed by atoms with Gasteiger partial charge in [-0.15, -0.1) is 0 Å². The van der Waals surface area contributed by atoms with Crippen LogP contribution in [0.25, 0.3) is 0 Å². The summed E-state index contributed by atoms with van der Waals surface area (Å²) in [5.41, 5.74) is 6.95. The highest BCUT2D eigenvalue weighted by Crippen LogP contribution is 2.59. The van der Waals surface area contributed by atoms with Gasteiger partial charge in [0.2, 0.25) is 0 Å². The van der Waals surface area contributed by atoms with Gasteiger partial charge in [-0.25, -0.2) is 0 Å². The number of carbonyl (C=O) groups excluding carboxylic acids is 1. The van der Waals surface area contributed by atoms with Gasteiger partial charge in [-0.05, 0) is 36.3 Å². The van der Waals surface area contributed by atoms with Crippen LogP contribution in [0.4, 0.5) is 0 Å². The molecule has 3 fully saturated rings. The van der Waals surface area contributed by atoms with Gasteiger partial charge in [-0.1, -0.05) is 60.7 Å². The van der Waals surface area contributed by atoms with Crippen molar-refractivity contribution in [3.05, 3.63) is 71.8 Å². The number of piperidine rings is 1. The lowest BCUT2D eigenvalue weighted by molar-refractivity contribution is -0.144. The number of aliphatic hydroxyl groups is 1. The number of nitrogens with one attached hydrogen (secondary N) is 1. The molecule has 5 nitrogen and oxygen atoms in total. The van der Waals surface area contributed by atoms with Crippen LogP contribution in [0.3, 0.4) is 0 Å². The van der Waals surface area contributed by atoms with E-state index in [4.69, 9.17) is 5.73 Å². The van der Waals surface area contributed by atoms with Crippen LogP contribution in [0.1, 0.15) is 30.4 Å². The molecular formula is C24H29N3O2. The molecule has 1 aliphatic heterocycles. The Morgan fingerprint density at radius 2 is 1.83 bits per heavy atom. The van der Waals surface area contributed by atoms with Crippen molar-refractivity contribution in [3.63, 3.8) is 0 Å².